The summed E-state index contributed by atoms with van der Waals surface area (Å²) >= 11 is 1.97. The van der Waals surface area contributed by atoms with Crippen LogP contribution in [0.2, 0.25) is 0 Å². The van der Waals surface area contributed by atoms with Crippen LogP contribution in [0.5, 0.6) is 5.75 Å². The number of halogens is 2. The topological polar surface area (TPSA) is 97.0 Å². The number of hydrogen-bond acceptors (Lipinski definition) is 5. The lowest BCUT2D eigenvalue weighted by molar-refractivity contribution is -0.134. The van der Waals surface area contributed by atoms with E-state index >= 15 is 0 Å². The maximum absolute atomic E-state index is 14.5. The van der Waals surface area contributed by atoms with Gasteiger partial charge in [0.1, 0.15) is 30.3 Å². The number of hydrogen-bond donors (Lipinski definition) is 2. The van der Waals surface area contributed by atoms with E-state index in [1.165, 1.54) is 12.1 Å². The quantitative estimate of drug-likeness (QED) is 0.189. The van der Waals surface area contributed by atoms with Gasteiger partial charge >= 0.3 is 6.03 Å². The lowest BCUT2D eigenvalue weighted by Gasteiger charge is -2.30. The molecule has 38 heavy (non-hydrogen) atoms. The Morgan fingerprint density at radius 1 is 1.08 bits per heavy atom. The fourth-order valence-corrected chi connectivity index (χ4v) is 4.74. The Morgan fingerprint density at radius 2 is 1.79 bits per heavy atom. The zero-order chi connectivity index (χ0) is 27.2. The molecule has 8 nitrogen and oxygen atoms in total. The molecule has 1 unspecified atom stereocenters. The average molecular weight is 631 g/mol. The molecule has 1 aliphatic heterocycles. The molecular formula is C28H27FIN3O5. The largest absolute Gasteiger partial charge is 0.491 e. The first kappa shape index (κ1) is 27.5. The van der Waals surface area contributed by atoms with Crippen molar-refractivity contribution in [2.45, 2.75) is 24.9 Å². The lowest BCUT2D eigenvalue weighted by atomic mass is 9.91. The number of carbonyl (C=O) groups is 3. The maximum atomic E-state index is 14.5. The van der Waals surface area contributed by atoms with Gasteiger partial charge in [0.2, 0.25) is 5.91 Å². The predicted molar refractivity (Wildman–Crippen MR) is 148 cm³/mol. The summed E-state index contributed by atoms with van der Waals surface area (Å²) in [7, 11) is 1.58. The highest BCUT2D eigenvalue weighted by molar-refractivity contribution is 14.1. The third-order valence-electron chi connectivity index (χ3n) is 6.28. The van der Waals surface area contributed by atoms with Gasteiger partial charge in [0.25, 0.3) is 5.91 Å². The molecule has 0 aliphatic carbocycles. The van der Waals surface area contributed by atoms with Gasteiger partial charge in [-0.15, -0.1) is 0 Å². The molecule has 1 aliphatic rings. The summed E-state index contributed by atoms with van der Waals surface area (Å²) in [6.07, 6.45) is 0. The summed E-state index contributed by atoms with van der Waals surface area (Å²) in [5.74, 6) is -1.84. The molecule has 4 amide bonds. The molecule has 0 radical (unpaired) electrons. The Balaban J connectivity index is 1.62. The minimum absolute atomic E-state index is 0.0339. The number of ether oxygens (including phenoxy) is 2. The van der Waals surface area contributed by atoms with Gasteiger partial charge in [-0.3, -0.25) is 9.59 Å². The van der Waals surface area contributed by atoms with E-state index in [2.05, 4.69) is 10.6 Å². The number of nitrogens with one attached hydrogen (secondary N) is 2. The van der Waals surface area contributed by atoms with E-state index in [9.17, 15) is 18.8 Å². The maximum Gasteiger partial charge on any atom is 0.325 e. The smallest absolute Gasteiger partial charge is 0.325 e. The molecule has 4 rings (SSSR count). The summed E-state index contributed by atoms with van der Waals surface area (Å²) in [6.45, 7) is 2.56. The molecule has 0 saturated carbocycles. The molecule has 2 N–H and O–H groups in total. The van der Waals surface area contributed by atoms with Gasteiger partial charge in [-0.05, 0) is 64.0 Å². The molecule has 3 aromatic carbocycles. The monoisotopic (exact) mass is 631 g/mol. The van der Waals surface area contributed by atoms with Gasteiger partial charge in [0, 0.05) is 16.6 Å². The Bertz CT molecular complexity index is 1310. The highest BCUT2D eigenvalue weighted by Gasteiger charge is 2.47. The molecule has 0 spiro atoms. The van der Waals surface area contributed by atoms with Gasteiger partial charge in [-0.2, -0.15) is 0 Å². The molecule has 1 heterocycles. The molecule has 1 saturated heterocycles. The van der Waals surface area contributed by atoms with Gasteiger partial charge in [-0.25, -0.2) is 14.1 Å². The normalized spacial score (nSPS) is 16.6. The van der Waals surface area contributed by atoms with Gasteiger partial charge in [0.15, 0.2) is 0 Å². The van der Waals surface area contributed by atoms with Crippen molar-refractivity contribution in [2.24, 2.45) is 0 Å². The average Bonchev–Trinajstić information content (AvgIpc) is 3.20. The van der Waals surface area contributed by atoms with E-state index in [0.29, 0.717) is 28.1 Å². The van der Waals surface area contributed by atoms with E-state index in [-0.39, 0.29) is 5.69 Å². The standard InChI is InChI=1S/C28H27FIN3O5/c1-17(18-6-4-3-5-7-18)25(26(34)31-23-13-10-20(30)16-22(23)29)33-27(35)24(32-28(33)36)19-8-11-21(12-9-19)38-15-14-37-2/h3-13,16-17,24-25H,14-15H2,1-2H3,(H,31,34)(H,32,36)/t17-,24?,25-/m0/s1. The van der Waals surface area contributed by atoms with Crippen molar-refractivity contribution in [1.82, 2.24) is 10.2 Å². The van der Waals surface area contributed by atoms with Crippen molar-refractivity contribution in [3.8, 4) is 5.75 Å². The van der Waals surface area contributed by atoms with Gasteiger partial charge in [0.05, 0.1) is 12.3 Å². The zero-order valence-electron chi connectivity index (χ0n) is 20.8. The summed E-state index contributed by atoms with van der Waals surface area (Å²) < 4.78 is 25.7. The molecule has 198 valence electrons. The third-order valence-corrected chi connectivity index (χ3v) is 6.95. The fraction of sp³-hybridized carbons (Fsp3) is 0.250. The first-order valence-electron chi connectivity index (χ1n) is 12.0. The van der Waals surface area contributed by atoms with E-state index in [0.717, 1.165) is 10.5 Å². The fourth-order valence-electron chi connectivity index (χ4n) is 4.29. The second-order valence-electron chi connectivity index (χ2n) is 8.76. The van der Waals surface area contributed by atoms with Crippen LogP contribution in [0.1, 0.15) is 30.0 Å². The van der Waals surface area contributed by atoms with Crippen LogP contribution in [0.3, 0.4) is 0 Å². The molecule has 1 fully saturated rings. The summed E-state index contributed by atoms with van der Waals surface area (Å²) in [5, 5.41) is 5.26. The van der Waals surface area contributed by atoms with Crippen LogP contribution in [-0.4, -0.2) is 49.1 Å². The van der Waals surface area contributed by atoms with Gasteiger partial charge < -0.3 is 20.1 Å². The van der Waals surface area contributed by atoms with Crippen molar-refractivity contribution in [3.63, 3.8) is 0 Å². The van der Waals surface area contributed by atoms with Crippen molar-refractivity contribution in [3.05, 3.63) is 93.3 Å². The second-order valence-corrected chi connectivity index (χ2v) is 10.0. The number of urea groups is 1. The number of imide groups is 1. The lowest BCUT2D eigenvalue weighted by Crippen LogP contribution is -2.50. The van der Waals surface area contributed by atoms with Crippen molar-refractivity contribution < 1.29 is 28.2 Å². The van der Waals surface area contributed by atoms with Crippen LogP contribution in [0.15, 0.2) is 72.8 Å². The zero-order valence-corrected chi connectivity index (χ0v) is 23.0. The Hall–Kier alpha value is -3.51. The van der Waals surface area contributed by atoms with Crippen molar-refractivity contribution >= 4 is 46.1 Å². The van der Waals surface area contributed by atoms with E-state index in [4.69, 9.17) is 9.47 Å². The Labute approximate surface area is 233 Å². The summed E-state index contributed by atoms with van der Waals surface area (Å²) in [6, 6.07) is 17.3. The van der Waals surface area contributed by atoms with E-state index in [1.807, 2.05) is 52.9 Å². The summed E-state index contributed by atoms with van der Waals surface area (Å²) in [4.78, 5) is 41.3. The van der Waals surface area contributed by atoms with E-state index in [1.54, 1.807) is 44.4 Å². The molecule has 0 bridgehead atoms. The Morgan fingerprint density at radius 3 is 2.45 bits per heavy atom. The van der Waals surface area contributed by atoms with Crippen LogP contribution in [0, 0.1) is 9.39 Å². The number of amides is 4. The first-order chi connectivity index (χ1) is 18.3. The molecular weight excluding hydrogens is 604 g/mol. The minimum atomic E-state index is -1.23. The predicted octanol–water partition coefficient (Wildman–Crippen LogP) is 4.86. The highest BCUT2D eigenvalue weighted by atomic mass is 127. The SMILES string of the molecule is COCCOc1ccc(C2NC(=O)N([C@H](C(=O)Nc3ccc(I)cc3F)[C@@H](C)c3ccccc3)C2=O)cc1. The van der Waals surface area contributed by atoms with E-state index < -0.39 is 41.7 Å². The first-order valence-corrected chi connectivity index (χ1v) is 13.0. The molecule has 3 atom stereocenters. The number of anilines is 1. The van der Waals surface area contributed by atoms with Crippen LogP contribution >= 0.6 is 22.6 Å². The van der Waals surface area contributed by atoms with Crippen LogP contribution in [0.25, 0.3) is 0 Å². The van der Waals surface area contributed by atoms with Gasteiger partial charge in [-0.1, -0.05) is 49.4 Å². The molecule has 10 heteroatoms. The van der Waals surface area contributed by atoms with Crippen molar-refractivity contribution in [2.75, 3.05) is 25.6 Å². The third kappa shape index (κ3) is 6.13. The number of methoxy groups -OCH3 is 1. The minimum Gasteiger partial charge on any atom is -0.491 e. The van der Waals surface area contributed by atoms with Crippen LogP contribution < -0.4 is 15.4 Å². The molecule has 3 aromatic rings. The second kappa shape index (κ2) is 12.4. The number of rotatable bonds is 10. The highest BCUT2D eigenvalue weighted by Crippen LogP contribution is 2.32. The number of nitrogens with zero attached hydrogens (tertiary/aromatic N) is 1. The Kier molecular flexibility index (Phi) is 8.95. The van der Waals surface area contributed by atoms with Crippen LogP contribution in [-0.2, 0) is 14.3 Å². The number of carbonyl (C=O) groups excluding carboxylic acids is 3. The van der Waals surface area contributed by atoms with Crippen molar-refractivity contribution in [1.29, 1.82) is 0 Å². The number of benzene rings is 3. The molecule has 0 aromatic heterocycles. The van der Waals surface area contributed by atoms with Crippen LogP contribution in [0.4, 0.5) is 14.9 Å². The summed E-state index contributed by atoms with van der Waals surface area (Å²) in [5.41, 5.74) is 1.26.